The fraction of sp³-hybridized carbons (Fsp3) is 0.743. The molecule has 0 spiro atoms. The van der Waals surface area contributed by atoms with E-state index in [9.17, 15) is 48.6 Å². The lowest BCUT2D eigenvalue weighted by Crippen LogP contribution is -2.61. The average molecular weight is 1480 g/mol. The molecule has 2 bridgehead atoms. The SMILES string of the molecule is CC(=O)N[C@H]1CSCc2cccc(c2)CSC[C@@H](C(N)=O)NC(=O)[C@@H]2CCCN2C(=O)[C@H](CC2CCC(O)CC2)NC(=O)[C@H](CC2CNCN2)NC(=O)[C@H](CC(=O)O)NC(=O)[C@H](CC2CNC3CCCCC23)NC(=O)[C@H](CC2CNC3CCC(F)CC23)NC(=O)CNC(=O)[C@H](CCCCN)NC1=O. The third-order valence-corrected chi connectivity index (χ3v) is 24.1. The van der Waals surface area contributed by atoms with E-state index in [1.165, 1.54) is 35.3 Å². The summed E-state index contributed by atoms with van der Waals surface area (Å²) in [5.41, 5.74) is 13.5. The number of amides is 11. The van der Waals surface area contributed by atoms with Crippen molar-refractivity contribution in [2.45, 2.75) is 238 Å². The van der Waals surface area contributed by atoms with Crippen LogP contribution in [-0.4, -0.2) is 228 Å². The van der Waals surface area contributed by atoms with Gasteiger partial charge < -0.3 is 95.7 Å². The lowest BCUT2D eigenvalue weighted by atomic mass is 9.76. The van der Waals surface area contributed by atoms with Gasteiger partial charge in [-0.3, -0.25) is 57.5 Å². The highest BCUT2D eigenvalue weighted by Crippen LogP contribution is 2.40. The van der Waals surface area contributed by atoms with Crippen molar-refractivity contribution in [3.8, 4) is 0 Å². The molecule has 11 amide bonds. The van der Waals surface area contributed by atoms with Gasteiger partial charge in [-0.1, -0.05) is 37.1 Å². The monoisotopic (exact) mass is 1480 g/mol. The lowest BCUT2D eigenvalue weighted by molar-refractivity contribution is -0.143. The summed E-state index contributed by atoms with van der Waals surface area (Å²) < 4.78 is 15.2. The number of hydrogen-bond donors (Lipinski definition) is 17. The first-order chi connectivity index (χ1) is 49.5. The molecule has 17 atom stereocenters. The number of rotatable bonds is 16. The van der Waals surface area contributed by atoms with Crippen molar-refractivity contribution in [2.24, 2.45) is 41.1 Å². The van der Waals surface area contributed by atoms with Crippen molar-refractivity contribution in [3.63, 3.8) is 0 Å². The number of nitrogens with zero attached hydrogens (tertiary/aromatic N) is 1. The largest absolute Gasteiger partial charge is 0.481 e. The zero-order valence-corrected chi connectivity index (χ0v) is 60.6. The molecule has 0 radical (unpaired) electrons. The van der Waals surface area contributed by atoms with Crippen LogP contribution in [0.4, 0.5) is 4.39 Å². The number of benzene rings is 1. The smallest absolute Gasteiger partial charge is 0.305 e. The Bertz CT molecular complexity index is 3130. The second-order valence-electron chi connectivity index (χ2n) is 29.5. The summed E-state index contributed by atoms with van der Waals surface area (Å²) in [5.74, 6) is -9.82. The summed E-state index contributed by atoms with van der Waals surface area (Å²) in [7, 11) is 0. The van der Waals surface area contributed by atoms with Crippen LogP contribution >= 0.6 is 23.5 Å². The van der Waals surface area contributed by atoms with Crippen molar-refractivity contribution in [2.75, 3.05) is 57.4 Å². The van der Waals surface area contributed by atoms with Gasteiger partial charge in [-0.05, 0) is 176 Å². The number of nitrogens with one attached hydrogen (secondary N) is 13. The molecule has 3 saturated carbocycles. The van der Waals surface area contributed by atoms with E-state index in [2.05, 4.69) is 69.1 Å². The van der Waals surface area contributed by atoms with E-state index in [4.69, 9.17) is 11.5 Å². The second kappa shape index (κ2) is 39.6. The Labute approximate surface area is 609 Å². The topological polar surface area (TPSA) is 457 Å². The lowest BCUT2D eigenvalue weighted by Gasteiger charge is -2.34. The Kier molecular flexibility index (Phi) is 30.9. The van der Waals surface area contributed by atoms with Crippen LogP contribution in [-0.2, 0) is 69.0 Å². The van der Waals surface area contributed by atoms with Gasteiger partial charge in [0, 0.05) is 67.8 Å². The molecular formula is C70H109FN16O14S2. The molecule has 9 rings (SSSR count). The second-order valence-corrected chi connectivity index (χ2v) is 31.6. The molecule has 5 heterocycles. The van der Waals surface area contributed by atoms with E-state index in [0.717, 1.165) is 36.8 Å². The van der Waals surface area contributed by atoms with Crippen LogP contribution in [0, 0.1) is 29.6 Å². The molecule has 19 N–H and O–H groups in total. The molecule has 4 saturated heterocycles. The molecule has 7 fully saturated rings. The van der Waals surface area contributed by atoms with Gasteiger partial charge in [-0.15, -0.1) is 0 Å². The number of carbonyl (C=O) groups excluding carboxylic acids is 11. The molecule has 103 heavy (non-hydrogen) atoms. The van der Waals surface area contributed by atoms with Crippen LogP contribution in [0.1, 0.15) is 153 Å². The maximum atomic E-state index is 15.3. The molecule has 572 valence electrons. The van der Waals surface area contributed by atoms with Gasteiger partial charge in [0.05, 0.1) is 19.1 Å². The zero-order chi connectivity index (χ0) is 73.7. The number of carboxylic acid groups (broad SMARTS) is 1. The quantitative estimate of drug-likeness (QED) is 0.0829. The number of alkyl halides is 1. The highest BCUT2D eigenvalue weighted by atomic mass is 32.2. The number of halogens is 1. The van der Waals surface area contributed by atoms with E-state index in [1.807, 2.05) is 24.3 Å². The predicted molar refractivity (Wildman–Crippen MR) is 383 cm³/mol. The van der Waals surface area contributed by atoms with Crippen LogP contribution < -0.4 is 80.6 Å². The third-order valence-electron chi connectivity index (χ3n) is 21.9. The van der Waals surface area contributed by atoms with Crippen LogP contribution in [0.3, 0.4) is 0 Å². The summed E-state index contributed by atoms with van der Waals surface area (Å²) in [4.78, 5) is 173. The number of aliphatic carboxylic acids is 1. The van der Waals surface area contributed by atoms with E-state index >= 15 is 23.6 Å². The van der Waals surface area contributed by atoms with E-state index in [1.54, 1.807) is 0 Å². The number of fused-ring (bicyclic) bond motifs is 5. The molecular weight excluding hydrogens is 1370 g/mol. The van der Waals surface area contributed by atoms with Crippen molar-refractivity contribution >= 4 is 94.5 Å². The van der Waals surface area contributed by atoms with Crippen LogP contribution in [0.25, 0.3) is 0 Å². The molecule has 1 aromatic carbocycles. The Hall–Kier alpha value is -6.75. The number of carbonyl (C=O) groups is 12. The number of primary amides is 1. The van der Waals surface area contributed by atoms with Crippen molar-refractivity contribution in [3.05, 3.63) is 35.4 Å². The minimum Gasteiger partial charge on any atom is -0.481 e. The number of carboxylic acids is 1. The van der Waals surface area contributed by atoms with E-state index in [-0.39, 0.29) is 111 Å². The van der Waals surface area contributed by atoms with E-state index in [0.29, 0.717) is 95.6 Å². The highest BCUT2D eigenvalue weighted by Gasteiger charge is 2.46. The van der Waals surface area contributed by atoms with Gasteiger partial charge in [0.2, 0.25) is 65.0 Å². The first kappa shape index (κ1) is 80.3. The van der Waals surface area contributed by atoms with Gasteiger partial charge in [0.1, 0.15) is 60.5 Å². The summed E-state index contributed by atoms with van der Waals surface area (Å²) >= 11 is 2.68. The fourth-order valence-corrected chi connectivity index (χ4v) is 18.4. The molecule has 1 aromatic rings. The van der Waals surface area contributed by atoms with Crippen molar-refractivity contribution < 1.29 is 72.1 Å². The summed E-state index contributed by atoms with van der Waals surface area (Å²) in [5, 5.41) is 59.1. The Morgan fingerprint density at radius 1 is 0.631 bits per heavy atom. The molecule has 5 aliphatic heterocycles. The zero-order valence-electron chi connectivity index (χ0n) is 59.0. The first-order valence-electron chi connectivity index (χ1n) is 37.1. The molecule has 33 heteroatoms. The number of unbranched alkanes of at least 4 members (excludes halogenated alkanes) is 1. The Balaban J connectivity index is 1.03. The number of thioether (sulfide) groups is 2. The maximum absolute atomic E-state index is 15.3. The minimum atomic E-state index is -1.86. The summed E-state index contributed by atoms with van der Waals surface area (Å²) in [6, 6.07) is -4.78. The summed E-state index contributed by atoms with van der Waals surface area (Å²) in [6.07, 6.45) is 5.65. The molecule has 8 aliphatic rings. The minimum absolute atomic E-state index is 0.0147. The standard InChI is InChI=1S/C70H109FN16O14S2/c1-38(88)79-58-36-103-34-41-9-6-8-40(22-41)33-102-35-57(62(73)93)86-69(100)59-13-7-21-87(59)70(101)56(23-39-14-17-46(89)18-15-39)85-66(97)54(27-45-31-74-37-78-45)83-67(98)55(28-61(91)92)84-65(96)53(24-42-29-75-49-11-3-2-10-47(42)49)82-64(95)52(25-43-30-76-50-19-16-44(71)26-48(43)50)80-60(90)32-77-63(94)51(81-68(58)99)12-4-5-20-72/h6,8-9,22,39,42-59,74-76,78,89H,2-5,7,10-21,23-37,72H2,1H3,(H2,73,93)(H,77,94)(H,79,88)(H,80,90)(H,81,99)(H,82,95)(H,83,98)(H,84,96)(H,85,97)(H,86,100)(H,91,92)/t39?,42?,43?,44?,45?,46?,47?,48?,49?,50?,51-,52-,53-,54-,55-,56-,57-,58-,59-/m0/s1. The van der Waals surface area contributed by atoms with Gasteiger partial charge in [-0.2, -0.15) is 23.5 Å². The van der Waals surface area contributed by atoms with Crippen LogP contribution in [0.15, 0.2) is 24.3 Å². The van der Waals surface area contributed by atoms with Crippen molar-refractivity contribution in [1.29, 1.82) is 0 Å². The highest BCUT2D eigenvalue weighted by molar-refractivity contribution is 7.98. The number of hydrogen-bond acceptors (Lipinski definition) is 20. The molecule has 0 aromatic heterocycles. The number of aliphatic hydroxyl groups excluding tert-OH is 1. The van der Waals surface area contributed by atoms with Gasteiger partial charge in [0.25, 0.3) is 0 Å². The molecule has 3 aliphatic carbocycles. The fourth-order valence-electron chi connectivity index (χ4n) is 16.4. The van der Waals surface area contributed by atoms with Crippen LogP contribution in [0.2, 0.25) is 0 Å². The van der Waals surface area contributed by atoms with Gasteiger partial charge in [0.15, 0.2) is 0 Å². The van der Waals surface area contributed by atoms with Crippen molar-refractivity contribution in [1.82, 2.24) is 74.0 Å². The molecule has 30 nitrogen and oxygen atoms in total. The number of aliphatic hydroxyl groups is 1. The van der Waals surface area contributed by atoms with Gasteiger partial charge >= 0.3 is 5.97 Å². The summed E-state index contributed by atoms with van der Waals surface area (Å²) in [6.45, 7) is 2.54. The third kappa shape index (κ3) is 23.9. The Morgan fingerprint density at radius 2 is 1.25 bits per heavy atom. The van der Waals surface area contributed by atoms with Gasteiger partial charge in [-0.25, -0.2) is 4.39 Å². The Morgan fingerprint density at radius 3 is 1.91 bits per heavy atom. The predicted octanol–water partition coefficient (Wildman–Crippen LogP) is -1.60. The van der Waals surface area contributed by atoms with E-state index < -0.39 is 157 Å². The average Bonchev–Trinajstić information content (AvgIpc) is 1.75. The first-order valence-corrected chi connectivity index (χ1v) is 39.4. The maximum Gasteiger partial charge on any atom is 0.305 e. The number of nitrogens with two attached hydrogens (primary N) is 2. The van der Waals surface area contributed by atoms with Crippen LogP contribution in [0.5, 0.6) is 0 Å². The normalized spacial score (nSPS) is 34.1. The molecule has 8 unspecified atom stereocenters.